The van der Waals surface area contributed by atoms with Crippen LogP contribution in [0.5, 0.6) is 0 Å². The molecular formula is C17H35NO2. The van der Waals surface area contributed by atoms with E-state index in [9.17, 15) is 10.1 Å². The highest BCUT2D eigenvalue weighted by Crippen LogP contribution is 2.14. The normalized spacial score (nSPS) is 12.5. The first kappa shape index (κ1) is 19.4. The Hall–Kier alpha value is -0.600. The van der Waals surface area contributed by atoms with E-state index in [4.69, 9.17) is 0 Å². The van der Waals surface area contributed by atoms with Gasteiger partial charge in [0.1, 0.15) is 0 Å². The summed E-state index contributed by atoms with van der Waals surface area (Å²) in [5.74, 6) is 0. The van der Waals surface area contributed by atoms with Gasteiger partial charge in [0.05, 0.1) is 0 Å². The van der Waals surface area contributed by atoms with Crippen LogP contribution in [0.15, 0.2) is 0 Å². The standard InChI is InChI=1S/C17H35NO2/c1-3-5-6-7-8-9-10-11-12-13-14-15-16-17(4-2)18(19)20/h17H,3-16H2,1-2H3. The molecule has 0 aromatic heterocycles. The molecule has 1 unspecified atom stereocenters. The molecule has 20 heavy (non-hydrogen) atoms. The summed E-state index contributed by atoms with van der Waals surface area (Å²) in [6.45, 7) is 4.17. The molecule has 3 nitrogen and oxygen atoms in total. The van der Waals surface area contributed by atoms with E-state index in [1.54, 1.807) is 0 Å². The highest BCUT2D eigenvalue weighted by Gasteiger charge is 2.15. The van der Waals surface area contributed by atoms with Crippen molar-refractivity contribution < 1.29 is 4.92 Å². The van der Waals surface area contributed by atoms with Gasteiger partial charge in [-0.3, -0.25) is 10.1 Å². The molecule has 0 aliphatic heterocycles. The van der Waals surface area contributed by atoms with E-state index in [1.807, 2.05) is 6.92 Å². The summed E-state index contributed by atoms with van der Waals surface area (Å²) in [6, 6.07) is -0.307. The largest absolute Gasteiger partial charge is 0.264 e. The quantitative estimate of drug-likeness (QED) is 0.206. The maximum Gasteiger partial charge on any atom is 0.212 e. The van der Waals surface area contributed by atoms with Crippen LogP contribution in [-0.4, -0.2) is 11.0 Å². The summed E-state index contributed by atoms with van der Waals surface area (Å²) in [4.78, 5) is 10.6. The fourth-order valence-electron chi connectivity index (χ4n) is 2.68. The third-order valence-electron chi connectivity index (χ3n) is 4.16. The van der Waals surface area contributed by atoms with E-state index < -0.39 is 0 Å². The van der Waals surface area contributed by atoms with Gasteiger partial charge in [-0.25, -0.2) is 0 Å². The van der Waals surface area contributed by atoms with E-state index >= 15 is 0 Å². The van der Waals surface area contributed by atoms with E-state index in [-0.39, 0.29) is 11.0 Å². The zero-order valence-electron chi connectivity index (χ0n) is 13.7. The Morgan fingerprint density at radius 2 is 1.15 bits per heavy atom. The maximum absolute atomic E-state index is 10.7. The fourth-order valence-corrected chi connectivity index (χ4v) is 2.68. The summed E-state index contributed by atoms with van der Waals surface area (Å²) in [6.07, 6.45) is 17.2. The van der Waals surface area contributed by atoms with Crippen LogP contribution in [0.3, 0.4) is 0 Å². The molecule has 0 aliphatic rings. The molecule has 1 atom stereocenters. The minimum atomic E-state index is -0.307. The zero-order chi connectivity index (χ0) is 15.1. The van der Waals surface area contributed by atoms with Crippen LogP contribution in [0.4, 0.5) is 0 Å². The first-order valence-electron chi connectivity index (χ1n) is 8.85. The lowest BCUT2D eigenvalue weighted by atomic mass is 10.0. The third kappa shape index (κ3) is 12.4. The topological polar surface area (TPSA) is 43.1 Å². The number of hydrogen-bond donors (Lipinski definition) is 0. The number of nitro groups is 1. The van der Waals surface area contributed by atoms with Gasteiger partial charge in [0, 0.05) is 17.8 Å². The molecule has 0 aliphatic carbocycles. The Bertz CT molecular complexity index is 219. The lowest BCUT2D eigenvalue weighted by Gasteiger charge is -2.06. The average Bonchev–Trinajstić information content (AvgIpc) is 2.43. The van der Waals surface area contributed by atoms with Gasteiger partial charge < -0.3 is 0 Å². The molecule has 0 heterocycles. The highest BCUT2D eigenvalue weighted by atomic mass is 16.6. The predicted molar refractivity (Wildman–Crippen MR) is 86.8 cm³/mol. The summed E-state index contributed by atoms with van der Waals surface area (Å²) in [5.41, 5.74) is 0. The molecule has 0 bridgehead atoms. The van der Waals surface area contributed by atoms with Crippen molar-refractivity contribution in [1.82, 2.24) is 0 Å². The van der Waals surface area contributed by atoms with E-state index in [0.717, 1.165) is 12.8 Å². The molecule has 0 rings (SSSR count). The smallest absolute Gasteiger partial charge is 0.212 e. The van der Waals surface area contributed by atoms with Crippen LogP contribution in [0.1, 0.15) is 104 Å². The van der Waals surface area contributed by atoms with Gasteiger partial charge in [-0.05, 0) is 6.42 Å². The van der Waals surface area contributed by atoms with Crippen molar-refractivity contribution in [3.05, 3.63) is 10.1 Å². The van der Waals surface area contributed by atoms with E-state index in [2.05, 4.69) is 6.92 Å². The monoisotopic (exact) mass is 285 g/mol. The summed E-state index contributed by atoms with van der Waals surface area (Å²) in [7, 11) is 0. The summed E-state index contributed by atoms with van der Waals surface area (Å²) in [5, 5.41) is 10.7. The second-order valence-corrected chi connectivity index (χ2v) is 6.03. The first-order chi connectivity index (χ1) is 9.72. The summed E-state index contributed by atoms with van der Waals surface area (Å²) >= 11 is 0. The molecule has 0 saturated carbocycles. The number of unbranched alkanes of at least 4 members (excludes halogenated alkanes) is 11. The predicted octanol–water partition coefficient (Wildman–Crippen LogP) is 6.13. The third-order valence-corrected chi connectivity index (χ3v) is 4.16. The number of nitrogens with zero attached hydrogens (tertiary/aromatic N) is 1. The van der Waals surface area contributed by atoms with Crippen molar-refractivity contribution in [2.24, 2.45) is 0 Å². The molecule has 3 heteroatoms. The molecule has 0 aromatic rings. The first-order valence-corrected chi connectivity index (χ1v) is 8.85. The Labute approximate surface area is 125 Å². The van der Waals surface area contributed by atoms with Crippen molar-refractivity contribution in [3.63, 3.8) is 0 Å². The SMILES string of the molecule is CCCCCCCCCCCCCCC(CC)[N+](=O)[O-]. The van der Waals surface area contributed by atoms with Crippen LogP contribution in [0.25, 0.3) is 0 Å². The molecular weight excluding hydrogens is 250 g/mol. The molecule has 0 saturated heterocycles. The molecule has 0 aromatic carbocycles. The van der Waals surface area contributed by atoms with Gasteiger partial charge in [-0.15, -0.1) is 0 Å². The minimum absolute atomic E-state index is 0.113. The van der Waals surface area contributed by atoms with Crippen LogP contribution < -0.4 is 0 Å². The van der Waals surface area contributed by atoms with Crippen LogP contribution in [0.2, 0.25) is 0 Å². The van der Waals surface area contributed by atoms with Gasteiger partial charge in [-0.2, -0.15) is 0 Å². The second-order valence-electron chi connectivity index (χ2n) is 6.03. The zero-order valence-corrected chi connectivity index (χ0v) is 13.7. The Balaban J connectivity index is 3.15. The summed E-state index contributed by atoms with van der Waals surface area (Å²) < 4.78 is 0. The van der Waals surface area contributed by atoms with Crippen molar-refractivity contribution in [1.29, 1.82) is 0 Å². The number of rotatable bonds is 15. The van der Waals surface area contributed by atoms with Gasteiger partial charge in [-0.1, -0.05) is 84.5 Å². The Morgan fingerprint density at radius 3 is 1.50 bits per heavy atom. The molecule has 0 fully saturated rings. The van der Waals surface area contributed by atoms with Crippen molar-refractivity contribution >= 4 is 0 Å². The minimum Gasteiger partial charge on any atom is -0.264 e. The van der Waals surface area contributed by atoms with Gasteiger partial charge in [0.15, 0.2) is 0 Å². The Morgan fingerprint density at radius 1 is 0.750 bits per heavy atom. The highest BCUT2D eigenvalue weighted by molar-refractivity contribution is 4.55. The van der Waals surface area contributed by atoms with Crippen molar-refractivity contribution in [2.45, 2.75) is 110 Å². The van der Waals surface area contributed by atoms with E-state index in [1.165, 1.54) is 70.6 Å². The van der Waals surface area contributed by atoms with Crippen molar-refractivity contribution in [3.8, 4) is 0 Å². The average molecular weight is 285 g/mol. The molecule has 0 amide bonds. The Kier molecular flexibility index (Phi) is 14.4. The molecule has 0 N–H and O–H groups in total. The van der Waals surface area contributed by atoms with E-state index in [0.29, 0.717) is 6.42 Å². The maximum atomic E-state index is 10.7. The van der Waals surface area contributed by atoms with Crippen molar-refractivity contribution in [2.75, 3.05) is 0 Å². The van der Waals surface area contributed by atoms with Gasteiger partial charge in [0.25, 0.3) is 0 Å². The van der Waals surface area contributed by atoms with Crippen LogP contribution in [0, 0.1) is 10.1 Å². The molecule has 0 spiro atoms. The second kappa shape index (κ2) is 14.8. The van der Waals surface area contributed by atoms with Gasteiger partial charge >= 0.3 is 0 Å². The van der Waals surface area contributed by atoms with Crippen LogP contribution >= 0.6 is 0 Å². The van der Waals surface area contributed by atoms with Gasteiger partial charge in [0.2, 0.25) is 6.04 Å². The molecule has 120 valence electrons. The fraction of sp³-hybridized carbons (Fsp3) is 1.00. The lowest BCUT2D eigenvalue weighted by molar-refractivity contribution is -0.523. The number of hydrogen-bond acceptors (Lipinski definition) is 2. The lowest BCUT2D eigenvalue weighted by Crippen LogP contribution is -2.17. The molecule has 0 radical (unpaired) electrons. The van der Waals surface area contributed by atoms with Crippen LogP contribution in [-0.2, 0) is 0 Å².